The van der Waals surface area contributed by atoms with Crippen LogP contribution in [0.15, 0.2) is 34.7 Å². The van der Waals surface area contributed by atoms with Gasteiger partial charge in [-0.2, -0.15) is 0 Å². The lowest BCUT2D eigenvalue weighted by Gasteiger charge is -2.53. The van der Waals surface area contributed by atoms with Crippen molar-refractivity contribution in [2.24, 2.45) is 22.7 Å². The summed E-state index contributed by atoms with van der Waals surface area (Å²) in [6, 6.07) is 1.91. The number of esters is 2. The summed E-state index contributed by atoms with van der Waals surface area (Å²) in [6.07, 6.45) is 8.73. The summed E-state index contributed by atoms with van der Waals surface area (Å²) in [5.74, 6) is -0.322. The molecule has 1 aromatic rings. The number of hydrogen-bond acceptors (Lipinski definition) is 6. The van der Waals surface area contributed by atoms with Gasteiger partial charge in [-0.05, 0) is 44.1 Å². The molecule has 5 aliphatic rings. The molecule has 1 aromatic heterocycles. The molecule has 0 bridgehead atoms. The number of furan rings is 1. The Morgan fingerprint density at radius 2 is 2.12 bits per heavy atom. The Balaban J connectivity index is 1.48. The van der Waals surface area contributed by atoms with Crippen molar-refractivity contribution in [3.8, 4) is 0 Å². The Hall–Kier alpha value is -2.08. The highest BCUT2D eigenvalue weighted by molar-refractivity contribution is 5.93. The van der Waals surface area contributed by atoms with E-state index in [-0.39, 0.29) is 40.7 Å². The molecular formula is C20H20O6. The minimum atomic E-state index is -0.544. The molecule has 0 N–H and O–H groups in total. The summed E-state index contributed by atoms with van der Waals surface area (Å²) < 4.78 is 22.7. The number of hydrogen-bond donors (Lipinski definition) is 0. The van der Waals surface area contributed by atoms with E-state index in [0.717, 1.165) is 43.2 Å². The van der Waals surface area contributed by atoms with Crippen LogP contribution in [0.25, 0.3) is 0 Å². The highest BCUT2D eigenvalue weighted by atomic mass is 16.7. The Morgan fingerprint density at radius 1 is 1.19 bits per heavy atom. The van der Waals surface area contributed by atoms with Crippen LogP contribution >= 0.6 is 0 Å². The minimum Gasteiger partial charge on any atom is -0.472 e. The number of carbonyl (C=O) groups is 2. The third-order valence-corrected chi connectivity index (χ3v) is 7.55. The zero-order valence-corrected chi connectivity index (χ0v) is 14.3. The molecule has 2 aliphatic carbocycles. The molecule has 0 amide bonds. The second-order valence-electron chi connectivity index (χ2n) is 8.34. The Labute approximate surface area is 150 Å². The molecule has 2 spiro atoms. The van der Waals surface area contributed by atoms with Crippen LogP contribution in [0, 0.1) is 22.7 Å². The fraction of sp³-hybridized carbons (Fsp3) is 0.600. The molecule has 6 atom stereocenters. The van der Waals surface area contributed by atoms with Crippen LogP contribution in [0.1, 0.15) is 43.8 Å². The van der Waals surface area contributed by atoms with Crippen LogP contribution in [0.4, 0.5) is 0 Å². The van der Waals surface area contributed by atoms with Crippen molar-refractivity contribution in [1.82, 2.24) is 0 Å². The number of ether oxygens (including phenoxy) is 3. The lowest BCUT2D eigenvalue weighted by Crippen LogP contribution is -2.54. The minimum absolute atomic E-state index is 0.142. The summed E-state index contributed by atoms with van der Waals surface area (Å²) in [5, 5.41) is 0. The molecule has 4 heterocycles. The summed E-state index contributed by atoms with van der Waals surface area (Å²) in [6.45, 7) is 0.425. The first kappa shape index (κ1) is 15.0. The van der Waals surface area contributed by atoms with Gasteiger partial charge in [-0.3, -0.25) is 4.79 Å². The third kappa shape index (κ3) is 1.58. The second kappa shape index (κ2) is 4.80. The van der Waals surface area contributed by atoms with E-state index in [9.17, 15) is 9.59 Å². The standard InChI is InChI=1S/C20H20O6/c21-16-12-2-1-3-15-19(12,10-24-16)6-4-13-17(22)26-18-20(13,15)8-14(25-18)11-5-7-23-9-11/h2,5,7,9,13-15,18H,1,3-4,6,8,10H2. The average molecular weight is 356 g/mol. The quantitative estimate of drug-likeness (QED) is 0.720. The van der Waals surface area contributed by atoms with Crippen LogP contribution in [0.2, 0.25) is 0 Å². The van der Waals surface area contributed by atoms with Crippen molar-refractivity contribution in [3.63, 3.8) is 0 Å². The van der Waals surface area contributed by atoms with E-state index in [4.69, 9.17) is 18.6 Å². The van der Waals surface area contributed by atoms with Crippen molar-refractivity contribution < 1.29 is 28.2 Å². The summed E-state index contributed by atoms with van der Waals surface area (Å²) >= 11 is 0. The first-order valence-electron chi connectivity index (χ1n) is 9.41. The maximum absolute atomic E-state index is 12.6. The van der Waals surface area contributed by atoms with Crippen molar-refractivity contribution in [2.75, 3.05) is 6.61 Å². The number of carbonyl (C=O) groups excluding carboxylic acids is 2. The van der Waals surface area contributed by atoms with Crippen LogP contribution in [-0.2, 0) is 23.8 Å². The monoisotopic (exact) mass is 356 g/mol. The largest absolute Gasteiger partial charge is 0.472 e. The zero-order valence-electron chi connectivity index (χ0n) is 14.3. The smallest absolute Gasteiger partial charge is 0.334 e. The second-order valence-corrected chi connectivity index (χ2v) is 8.34. The predicted octanol–water partition coefficient (Wildman–Crippen LogP) is 2.90. The highest BCUT2D eigenvalue weighted by Crippen LogP contribution is 2.70. The van der Waals surface area contributed by atoms with Gasteiger partial charge in [-0.25, -0.2) is 4.79 Å². The molecule has 0 radical (unpaired) electrons. The van der Waals surface area contributed by atoms with Gasteiger partial charge >= 0.3 is 11.9 Å². The van der Waals surface area contributed by atoms with E-state index in [1.54, 1.807) is 12.5 Å². The number of cyclic esters (lactones) is 1. The van der Waals surface area contributed by atoms with Crippen molar-refractivity contribution >= 4 is 11.9 Å². The Kier molecular flexibility index (Phi) is 2.77. The topological polar surface area (TPSA) is 75.0 Å². The number of allylic oxidation sites excluding steroid dienone is 1. The first-order valence-corrected chi connectivity index (χ1v) is 9.41. The van der Waals surface area contributed by atoms with Gasteiger partial charge in [-0.15, -0.1) is 0 Å². The van der Waals surface area contributed by atoms with Crippen molar-refractivity contribution in [3.05, 3.63) is 35.8 Å². The average Bonchev–Trinajstić information content (AvgIpc) is 3.37. The van der Waals surface area contributed by atoms with E-state index in [2.05, 4.69) is 6.08 Å². The van der Waals surface area contributed by atoms with Crippen molar-refractivity contribution in [2.45, 2.75) is 44.5 Å². The fourth-order valence-electron chi connectivity index (χ4n) is 6.55. The maximum Gasteiger partial charge on any atom is 0.334 e. The molecule has 136 valence electrons. The van der Waals surface area contributed by atoms with Gasteiger partial charge < -0.3 is 18.6 Å². The van der Waals surface area contributed by atoms with E-state index >= 15 is 0 Å². The van der Waals surface area contributed by atoms with Gasteiger partial charge in [0.25, 0.3) is 0 Å². The molecule has 3 aliphatic heterocycles. The van der Waals surface area contributed by atoms with Gasteiger partial charge in [0.05, 0.1) is 30.0 Å². The summed E-state index contributed by atoms with van der Waals surface area (Å²) in [7, 11) is 0. The van der Waals surface area contributed by atoms with Crippen LogP contribution in [0.5, 0.6) is 0 Å². The lowest BCUT2D eigenvalue weighted by atomic mass is 9.46. The maximum atomic E-state index is 12.6. The molecule has 26 heavy (non-hydrogen) atoms. The van der Waals surface area contributed by atoms with E-state index in [1.165, 1.54) is 0 Å². The summed E-state index contributed by atoms with van der Waals surface area (Å²) in [5.41, 5.74) is 1.14. The molecule has 1 saturated carbocycles. The molecule has 3 saturated heterocycles. The summed E-state index contributed by atoms with van der Waals surface area (Å²) in [4.78, 5) is 24.9. The third-order valence-electron chi connectivity index (χ3n) is 7.55. The lowest BCUT2D eigenvalue weighted by molar-refractivity contribution is -0.174. The Bertz CT molecular complexity index is 825. The van der Waals surface area contributed by atoms with Crippen LogP contribution in [-0.4, -0.2) is 24.8 Å². The van der Waals surface area contributed by atoms with Gasteiger partial charge in [0, 0.05) is 16.6 Å². The van der Waals surface area contributed by atoms with E-state index in [1.807, 2.05) is 6.07 Å². The zero-order chi connectivity index (χ0) is 17.5. The first-order chi connectivity index (χ1) is 12.6. The van der Waals surface area contributed by atoms with Crippen LogP contribution < -0.4 is 0 Å². The Morgan fingerprint density at radius 3 is 2.96 bits per heavy atom. The predicted molar refractivity (Wildman–Crippen MR) is 86.4 cm³/mol. The highest BCUT2D eigenvalue weighted by Gasteiger charge is 2.73. The van der Waals surface area contributed by atoms with Crippen LogP contribution in [0.3, 0.4) is 0 Å². The molecule has 4 fully saturated rings. The fourth-order valence-corrected chi connectivity index (χ4v) is 6.55. The van der Waals surface area contributed by atoms with Gasteiger partial charge in [0.1, 0.15) is 6.61 Å². The molecule has 6 nitrogen and oxygen atoms in total. The van der Waals surface area contributed by atoms with Gasteiger partial charge in [0.15, 0.2) is 0 Å². The van der Waals surface area contributed by atoms with Crippen molar-refractivity contribution in [1.29, 1.82) is 0 Å². The molecule has 0 aromatic carbocycles. The molecule has 6 unspecified atom stereocenters. The normalized spacial score (nSPS) is 45.9. The molecule has 6 rings (SSSR count). The SMILES string of the molecule is O=C1OCC23CCC4C(=O)OC5OC(c6ccoc6)CC54C2CCC=C13. The molecule has 6 heteroatoms. The van der Waals surface area contributed by atoms with E-state index in [0.29, 0.717) is 6.61 Å². The van der Waals surface area contributed by atoms with E-state index < -0.39 is 6.29 Å². The number of rotatable bonds is 1. The van der Waals surface area contributed by atoms with Gasteiger partial charge in [-0.1, -0.05) is 6.08 Å². The molecular weight excluding hydrogens is 336 g/mol. The van der Waals surface area contributed by atoms with Gasteiger partial charge in [0.2, 0.25) is 6.29 Å².